The van der Waals surface area contributed by atoms with Crippen LogP contribution in [0.5, 0.6) is 23.0 Å². The molecule has 0 unspecified atom stereocenters. The zero-order chi connectivity index (χ0) is 29.8. The van der Waals surface area contributed by atoms with Gasteiger partial charge in [0.1, 0.15) is 16.9 Å². The summed E-state index contributed by atoms with van der Waals surface area (Å²) in [4.78, 5) is 33.2. The summed E-state index contributed by atoms with van der Waals surface area (Å²) in [6.07, 6.45) is 2.67. The van der Waals surface area contributed by atoms with E-state index >= 15 is 0 Å². The molecule has 222 valence electrons. The van der Waals surface area contributed by atoms with Crippen LogP contribution in [0.4, 0.5) is 11.4 Å². The van der Waals surface area contributed by atoms with E-state index in [9.17, 15) is 9.59 Å². The van der Waals surface area contributed by atoms with Gasteiger partial charge in [-0.3, -0.25) is 19.5 Å². The van der Waals surface area contributed by atoms with Crippen molar-refractivity contribution in [1.29, 1.82) is 0 Å². The van der Waals surface area contributed by atoms with E-state index in [0.29, 0.717) is 52.7 Å². The number of fused-ring (bicyclic) bond motifs is 1. The molecule has 1 aliphatic heterocycles. The van der Waals surface area contributed by atoms with Crippen molar-refractivity contribution in [3.05, 3.63) is 78.5 Å². The Kier molecular flexibility index (Phi) is 8.13. The van der Waals surface area contributed by atoms with E-state index in [-0.39, 0.29) is 11.8 Å². The Morgan fingerprint density at radius 2 is 1.56 bits per heavy atom. The summed E-state index contributed by atoms with van der Waals surface area (Å²) in [7, 11) is 3.16. The molecule has 6 rings (SSSR count). The summed E-state index contributed by atoms with van der Waals surface area (Å²) in [5.74, 6) is 1.74. The molecule has 1 aromatic heterocycles. The molecule has 2 fully saturated rings. The van der Waals surface area contributed by atoms with Crippen LogP contribution in [0, 0.1) is 5.41 Å². The molecule has 1 saturated carbocycles. The molecule has 10 heteroatoms. The van der Waals surface area contributed by atoms with E-state index in [0.717, 1.165) is 43.8 Å². The SMILES string of the molecule is COc1cc2nccc(Oc3ccc(NC(=O)C4(C(=O)Nc5cccc(CN6CCOCC6)c5)CC4)cc3)c2cc1OC. The Morgan fingerprint density at radius 1 is 0.860 bits per heavy atom. The molecular weight excluding hydrogens is 548 g/mol. The van der Waals surface area contributed by atoms with Gasteiger partial charge in [-0.1, -0.05) is 12.1 Å². The van der Waals surface area contributed by atoms with Crippen LogP contribution in [-0.4, -0.2) is 62.2 Å². The van der Waals surface area contributed by atoms with E-state index in [1.807, 2.05) is 30.3 Å². The number of pyridine rings is 1. The van der Waals surface area contributed by atoms with Crippen molar-refractivity contribution in [2.75, 3.05) is 51.2 Å². The first-order chi connectivity index (χ1) is 21.0. The number of carbonyl (C=O) groups excluding carboxylic acids is 2. The number of amides is 2. The van der Waals surface area contributed by atoms with Crippen LogP contribution in [-0.2, 0) is 20.9 Å². The highest BCUT2D eigenvalue weighted by atomic mass is 16.5. The van der Waals surface area contributed by atoms with Gasteiger partial charge in [0, 0.05) is 48.7 Å². The summed E-state index contributed by atoms with van der Waals surface area (Å²) >= 11 is 0. The van der Waals surface area contributed by atoms with Crippen LogP contribution in [0.25, 0.3) is 10.9 Å². The third-order valence-corrected chi connectivity index (χ3v) is 7.86. The number of ether oxygens (including phenoxy) is 4. The highest BCUT2D eigenvalue weighted by Gasteiger charge is 2.56. The monoisotopic (exact) mass is 582 g/mol. The number of hydrogen-bond donors (Lipinski definition) is 2. The smallest absolute Gasteiger partial charge is 0.240 e. The third-order valence-electron chi connectivity index (χ3n) is 7.86. The number of nitrogens with one attached hydrogen (secondary N) is 2. The first kappa shape index (κ1) is 28.4. The Hall–Kier alpha value is -4.67. The molecule has 4 aromatic rings. The van der Waals surface area contributed by atoms with Crippen LogP contribution in [0.1, 0.15) is 18.4 Å². The van der Waals surface area contributed by atoms with Gasteiger partial charge in [-0.05, 0) is 66.9 Å². The second-order valence-electron chi connectivity index (χ2n) is 10.7. The van der Waals surface area contributed by atoms with Gasteiger partial charge in [0.15, 0.2) is 11.5 Å². The van der Waals surface area contributed by atoms with Gasteiger partial charge < -0.3 is 29.6 Å². The summed E-state index contributed by atoms with van der Waals surface area (Å²) in [6.45, 7) is 4.03. The summed E-state index contributed by atoms with van der Waals surface area (Å²) < 4.78 is 22.4. The van der Waals surface area contributed by atoms with Gasteiger partial charge in [0.25, 0.3) is 0 Å². The first-order valence-electron chi connectivity index (χ1n) is 14.3. The number of morpholine rings is 1. The topological polar surface area (TPSA) is 111 Å². The second kappa shape index (κ2) is 12.3. The van der Waals surface area contributed by atoms with Crippen LogP contribution >= 0.6 is 0 Å². The number of rotatable bonds is 10. The van der Waals surface area contributed by atoms with Crippen molar-refractivity contribution in [1.82, 2.24) is 9.88 Å². The Labute approximate surface area is 249 Å². The van der Waals surface area contributed by atoms with Gasteiger partial charge in [0.05, 0.1) is 33.0 Å². The van der Waals surface area contributed by atoms with Gasteiger partial charge >= 0.3 is 0 Å². The van der Waals surface area contributed by atoms with Crippen LogP contribution in [0.15, 0.2) is 72.9 Å². The lowest BCUT2D eigenvalue weighted by atomic mass is 10.0. The molecule has 10 nitrogen and oxygen atoms in total. The van der Waals surface area contributed by atoms with Crippen molar-refractivity contribution in [2.24, 2.45) is 5.41 Å². The van der Waals surface area contributed by atoms with Gasteiger partial charge in [-0.15, -0.1) is 0 Å². The Balaban J connectivity index is 1.09. The molecule has 3 aromatic carbocycles. The van der Waals surface area contributed by atoms with E-state index in [4.69, 9.17) is 18.9 Å². The van der Waals surface area contributed by atoms with Crippen LogP contribution in [0.3, 0.4) is 0 Å². The zero-order valence-corrected chi connectivity index (χ0v) is 24.2. The maximum Gasteiger partial charge on any atom is 0.240 e. The average molecular weight is 583 g/mol. The largest absolute Gasteiger partial charge is 0.493 e. The summed E-state index contributed by atoms with van der Waals surface area (Å²) in [5, 5.41) is 6.65. The number of anilines is 2. The number of carbonyl (C=O) groups is 2. The van der Waals surface area contributed by atoms with Crippen molar-refractivity contribution >= 4 is 34.1 Å². The fourth-order valence-corrected chi connectivity index (χ4v) is 5.22. The van der Waals surface area contributed by atoms with Crippen molar-refractivity contribution in [2.45, 2.75) is 19.4 Å². The zero-order valence-electron chi connectivity index (χ0n) is 24.2. The summed E-state index contributed by atoms with van der Waals surface area (Å²) in [6, 6.07) is 20.2. The Morgan fingerprint density at radius 3 is 2.26 bits per heavy atom. The van der Waals surface area contributed by atoms with Crippen molar-refractivity contribution in [3.63, 3.8) is 0 Å². The van der Waals surface area contributed by atoms with Crippen molar-refractivity contribution < 1.29 is 28.5 Å². The van der Waals surface area contributed by atoms with E-state index in [1.165, 1.54) is 0 Å². The lowest BCUT2D eigenvalue weighted by Crippen LogP contribution is -2.36. The molecular formula is C33H34N4O6. The standard InChI is InChI=1S/C33H34N4O6/c1-40-29-19-26-27(20-30(29)41-2)34-13-10-28(26)43-25-8-6-23(7-9-25)35-31(38)33(11-12-33)32(39)36-24-5-3-4-22(18-24)21-37-14-16-42-17-15-37/h3-10,13,18-20H,11-12,14-17,21H2,1-2H3,(H,35,38)(H,36,39). The molecule has 0 atom stereocenters. The number of aromatic nitrogens is 1. The molecule has 43 heavy (non-hydrogen) atoms. The molecule has 2 amide bonds. The maximum absolute atomic E-state index is 13.2. The maximum atomic E-state index is 13.2. The van der Waals surface area contributed by atoms with E-state index < -0.39 is 5.41 Å². The molecule has 2 aliphatic rings. The van der Waals surface area contributed by atoms with E-state index in [1.54, 1.807) is 56.8 Å². The van der Waals surface area contributed by atoms with Crippen LogP contribution < -0.4 is 24.8 Å². The fourth-order valence-electron chi connectivity index (χ4n) is 5.22. The minimum atomic E-state index is -1.08. The second-order valence-corrected chi connectivity index (χ2v) is 10.7. The predicted molar refractivity (Wildman–Crippen MR) is 163 cm³/mol. The number of nitrogens with zero attached hydrogens (tertiary/aromatic N) is 2. The number of benzene rings is 3. The lowest BCUT2D eigenvalue weighted by Gasteiger charge is -2.26. The Bertz CT molecular complexity index is 1630. The molecule has 2 N–H and O–H groups in total. The van der Waals surface area contributed by atoms with E-state index in [2.05, 4.69) is 20.5 Å². The normalized spacial score (nSPS) is 15.9. The number of methoxy groups -OCH3 is 2. The molecule has 1 saturated heterocycles. The molecule has 1 aliphatic carbocycles. The minimum Gasteiger partial charge on any atom is -0.493 e. The average Bonchev–Trinajstić information content (AvgIpc) is 3.85. The van der Waals surface area contributed by atoms with Crippen molar-refractivity contribution in [3.8, 4) is 23.0 Å². The minimum absolute atomic E-state index is 0.287. The molecule has 0 spiro atoms. The van der Waals surface area contributed by atoms with Crippen LogP contribution in [0.2, 0.25) is 0 Å². The predicted octanol–water partition coefficient (Wildman–Crippen LogP) is 5.23. The quantitative estimate of drug-likeness (QED) is 0.245. The third kappa shape index (κ3) is 6.25. The first-order valence-corrected chi connectivity index (χ1v) is 14.3. The molecule has 0 bridgehead atoms. The highest BCUT2D eigenvalue weighted by Crippen LogP contribution is 2.47. The van der Waals surface area contributed by atoms with Gasteiger partial charge in [0.2, 0.25) is 11.8 Å². The molecule has 0 radical (unpaired) electrons. The number of hydrogen-bond acceptors (Lipinski definition) is 8. The van der Waals surface area contributed by atoms with Gasteiger partial charge in [-0.25, -0.2) is 0 Å². The lowest BCUT2D eigenvalue weighted by molar-refractivity contribution is -0.131. The van der Waals surface area contributed by atoms with Gasteiger partial charge in [-0.2, -0.15) is 0 Å². The highest BCUT2D eigenvalue weighted by molar-refractivity contribution is 6.16. The molecule has 2 heterocycles. The summed E-state index contributed by atoms with van der Waals surface area (Å²) in [5.41, 5.74) is 2.00. The fraction of sp³-hybridized carbons (Fsp3) is 0.303.